The van der Waals surface area contributed by atoms with E-state index in [0.717, 1.165) is 10.9 Å². The maximum absolute atomic E-state index is 11.6. The number of anilines is 1. The Kier molecular flexibility index (Phi) is 13.3. The van der Waals surface area contributed by atoms with Crippen molar-refractivity contribution in [1.82, 2.24) is 15.3 Å². The van der Waals surface area contributed by atoms with E-state index < -0.39 is 10.9 Å². The normalized spacial score (nSPS) is 9.51. The predicted molar refractivity (Wildman–Crippen MR) is 153 cm³/mol. The first-order valence-electron chi connectivity index (χ1n) is 11.0. The minimum Gasteiger partial charge on any atom is -0.495 e. The summed E-state index contributed by atoms with van der Waals surface area (Å²) in [6, 6.07) is 9.94. The lowest BCUT2D eigenvalue weighted by atomic mass is 10.2. The summed E-state index contributed by atoms with van der Waals surface area (Å²) in [4.78, 5) is 42.1. The van der Waals surface area contributed by atoms with E-state index in [9.17, 15) is 19.7 Å². The molecule has 0 aliphatic heterocycles. The highest BCUT2D eigenvalue weighted by molar-refractivity contribution is 6.02. The quantitative estimate of drug-likeness (QED) is 0.101. The minimum atomic E-state index is -0.549. The Morgan fingerprint density at radius 1 is 0.878 bits per heavy atom. The molecule has 0 aliphatic carbocycles. The fourth-order valence-electron chi connectivity index (χ4n) is 3.92. The molecule has 2 heterocycles. The van der Waals surface area contributed by atoms with Gasteiger partial charge < -0.3 is 45.1 Å². The van der Waals surface area contributed by atoms with Crippen molar-refractivity contribution in [2.45, 2.75) is 7.43 Å². The standard InChI is InChI=1S/C12H12N2O5.C12H14N2O3.CH2O2.CH4.H3N/c1-13-8-4-5-10(18-2)11(14(16)17)7(8)6-9(13)12(15)19-3;1-14-8-4-5-10(16-2)11(13)7(8)6-9(14)12(15)17-3;2-1-3;;/h4-6H,1-3H3;4-6H,13H2,1-3H3;1H,(H,2,3);1H4;1H3. The summed E-state index contributed by atoms with van der Waals surface area (Å²) in [6.07, 6.45) is 0. The number of hydrogen-bond acceptors (Lipinski definition) is 11. The van der Waals surface area contributed by atoms with Gasteiger partial charge in [-0.1, -0.05) is 7.43 Å². The number of hydrogen-bond donors (Lipinski definition) is 3. The molecule has 4 rings (SSSR count). The molecule has 224 valence electrons. The molecule has 0 unspecified atom stereocenters. The summed E-state index contributed by atoms with van der Waals surface area (Å²) in [5, 5.41) is 19.2. The molecule has 0 spiro atoms. The number of methoxy groups -OCH3 is 4. The van der Waals surface area contributed by atoms with E-state index in [0.29, 0.717) is 28.0 Å². The average Bonchev–Trinajstić information content (AvgIpc) is 3.45. The van der Waals surface area contributed by atoms with Gasteiger partial charge in [0, 0.05) is 19.5 Å². The molecular weight excluding hydrogens is 542 g/mol. The second kappa shape index (κ2) is 15.3. The van der Waals surface area contributed by atoms with Crippen LogP contribution in [0.3, 0.4) is 0 Å². The lowest BCUT2D eigenvalue weighted by molar-refractivity contribution is -0.383. The molecule has 0 fully saturated rings. The fourth-order valence-corrected chi connectivity index (χ4v) is 3.92. The lowest BCUT2D eigenvalue weighted by Crippen LogP contribution is -2.06. The molecule has 15 heteroatoms. The summed E-state index contributed by atoms with van der Waals surface area (Å²) in [6.45, 7) is -0.250. The van der Waals surface area contributed by atoms with Crippen molar-refractivity contribution < 1.29 is 43.4 Å². The molecule has 6 N–H and O–H groups in total. The number of fused-ring (bicyclic) bond motifs is 2. The third-order valence-corrected chi connectivity index (χ3v) is 5.80. The summed E-state index contributed by atoms with van der Waals surface area (Å²) < 4.78 is 22.8. The van der Waals surface area contributed by atoms with E-state index in [-0.39, 0.29) is 43.1 Å². The van der Waals surface area contributed by atoms with E-state index in [2.05, 4.69) is 4.74 Å². The van der Waals surface area contributed by atoms with Gasteiger partial charge in [0.15, 0.2) is 5.75 Å². The van der Waals surface area contributed by atoms with Crippen molar-refractivity contribution in [3.8, 4) is 11.5 Å². The van der Waals surface area contributed by atoms with Crippen LogP contribution in [-0.2, 0) is 28.4 Å². The zero-order valence-electron chi connectivity index (χ0n) is 22.8. The molecule has 15 nitrogen and oxygen atoms in total. The van der Waals surface area contributed by atoms with Gasteiger partial charge in [-0.2, -0.15) is 0 Å². The van der Waals surface area contributed by atoms with Crippen LogP contribution >= 0.6 is 0 Å². The molecule has 0 saturated heterocycles. The molecule has 0 aliphatic rings. The first kappa shape index (κ1) is 35.7. The van der Waals surface area contributed by atoms with Gasteiger partial charge in [0.2, 0.25) is 0 Å². The van der Waals surface area contributed by atoms with E-state index >= 15 is 0 Å². The number of nitro groups is 1. The van der Waals surface area contributed by atoms with Crippen molar-refractivity contribution in [2.24, 2.45) is 14.1 Å². The van der Waals surface area contributed by atoms with Crippen LogP contribution in [0.4, 0.5) is 11.4 Å². The summed E-state index contributed by atoms with van der Waals surface area (Å²) in [5.74, 6) is -0.187. The van der Waals surface area contributed by atoms with Gasteiger partial charge in [-0.25, -0.2) is 9.59 Å². The van der Waals surface area contributed by atoms with E-state index in [1.54, 1.807) is 48.5 Å². The van der Waals surface area contributed by atoms with Crippen LogP contribution in [0.1, 0.15) is 28.4 Å². The Balaban J connectivity index is 0.000000685. The number of benzene rings is 2. The Bertz CT molecular complexity index is 1540. The van der Waals surface area contributed by atoms with Gasteiger partial charge in [0.1, 0.15) is 17.1 Å². The number of nitrogens with zero attached hydrogens (tertiary/aromatic N) is 3. The van der Waals surface area contributed by atoms with Gasteiger partial charge in [-0.15, -0.1) is 0 Å². The van der Waals surface area contributed by atoms with Crippen LogP contribution in [0, 0.1) is 10.1 Å². The molecule has 0 amide bonds. The molecule has 4 aromatic rings. The van der Waals surface area contributed by atoms with Gasteiger partial charge in [0.25, 0.3) is 6.47 Å². The van der Waals surface area contributed by atoms with Gasteiger partial charge in [-0.3, -0.25) is 14.9 Å². The Morgan fingerprint density at radius 2 is 1.27 bits per heavy atom. The first-order valence-corrected chi connectivity index (χ1v) is 11.0. The first-order chi connectivity index (χ1) is 18.5. The van der Waals surface area contributed by atoms with Crippen LogP contribution in [0.15, 0.2) is 36.4 Å². The number of ether oxygens (including phenoxy) is 4. The Hall–Kier alpha value is -5.31. The molecule has 0 bridgehead atoms. The Morgan fingerprint density at radius 3 is 1.66 bits per heavy atom. The molecule has 0 saturated carbocycles. The number of carboxylic acid groups (broad SMARTS) is 1. The second-order valence-corrected chi connectivity index (χ2v) is 7.69. The van der Waals surface area contributed by atoms with Crippen LogP contribution in [-0.4, -0.2) is 66.0 Å². The number of rotatable bonds is 5. The minimum absolute atomic E-state index is 0. The molecular formula is C26H35N5O10. The van der Waals surface area contributed by atoms with Crippen molar-refractivity contribution in [3.05, 3.63) is 57.9 Å². The highest BCUT2D eigenvalue weighted by Crippen LogP contribution is 2.36. The van der Waals surface area contributed by atoms with Crippen LogP contribution < -0.4 is 21.4 Å². The van der Waals surface area contributed by atoms with E-state index in [1.165, 1.54) is 33.5 Å². The largest absolute Gasteiger partial charge is 0.495 e. The SMILES string of the molecule is C.COC(=O)c1cc2c(N)c(OC)ccc2n1C.COC(=O)c1cc2c([N+](=O)[O-])c(OC)ccc2n1C.N.O=CO. The number of carbonyl (C=O) groups is 3. The maximum Gasteiger partial charge on any atom is 0.354 e. The van der Waals surface area contributed by atoms with Crippen LogP contribution in [0.2, 0.25) is 0 Å². The van der Waals surface area contributed by atoms with E-state index in [1.807, 2.05) is 6.07 Å². The Labute approximate surface area is 235 Å². The van der Waals surface area contributed by atoms with Crippen LogP contribution in [0.5, 0.6) is 11.5 Å². The number of nitrogen functional groups attached to an aromatic ring is 1. The number of nitro benzene ring substituents is 1. The summed E-state index contributed by atoms with van der Waals surface area (Å²) >= 11 is 0. The molecule has 2 aromatic heterocycles. The number of esters is 2. The molecule has 0 radical (unpaired) electrons. The van der Waals surface area contributed by atoms with E-state index in [4.69, 9.17) is 29.8 Å². The number of carbonyl (C=O) groups excluding carboxylic acids is 2. The highest BCUT2D eigenvalue weighted by atomic mass is 16.6. The number of aryl methyl sites for hydroxylation is 2. The van der Waals surface area contributed by atoms with Crippen LogP contribution in [0.25, 0.3) is 21.8 Å². The topological polar surface area (TPSA) is 222 Å². The molecule has 0 atom stereocenters. The zero-order chi connectivity index (χ0) is 29.4. The number of nitrogens with two attached hydrogens (primary N) is 1. The fraction of sp³-hybridized carbons (Fsp3) is 0.269. The smallest absolute Gasteiger partial charge is 0.354 e. The molecule has 41 heavy (non-hydrogen) atoms. The second-order valence-electron chi connectivity index (χ2n) is 7.69. The van der Waals surface area contributed by atoms with Gasteiger partial charge >= 0.3 is 17.6 Å². The van der Waals surface area contributed by atoms with Crippen molar-refractivity contribution in [2.75, 3.05) is 34.2 Å². The number of aromatic nitrogens is 2. The maximum atomic E-state index is 11.6. The summed E-state index contributed by atoms with van der Waals surface area (Å²) in [5.41, 5.74) is 8.46. The highest BCUT2D eigenvalue weighted by Gasteiger charge is 2.24. The van der Waals surface area contributed by atoms with Gasteiger partial charge in [-0.05, 0) is 36.4 Å². The zero-order valence-corrected chi connectivity index (χ0v) is 22.8. The predicted octanol–water partition coefficient (Wildman–Crippen LogP) is 3.94. The lowest BCUT2D eigenvalue weighted by Gasteiger charge is -2.05. The average molecular weight is 578 g/mol. The van der Waals surface area contributed by atoms with Gasteiger partial charge in [0.05, 0.1) is 55.5 Å². The third kappa shape index (κ3) is 7.02. The van der Waals surface area contributed by atoms with Crippen molar-refractivity contribution in [3.63, 3.8) is 0 Å². The molecule has 2 aromatic carbocycles. The van der Waals surface area contributed by atoms with Crippen molar-refractivity contribution in [1.29, 1.82) is 0 Å². The third-order valence-electron chi connectivity index (χ3n) is 5.80. The summed E-state index contributed by atoms with van der Waals surface area (Å²) in [7, 11) is 8.96. The monoisotopic (exact) mass is 577 g/mol. The van der Waals surface area contributed by atoms with Crippen molar-refractivity contribution >= 4 is 51.6 Å².